The Hall–Kier alpha value is -2.01. The van der Waals surface area contributed by atoms with Gasteiger partial charge in [-0.25, -0.2) is 0 Å². The molecule has 2 N–H and O–H groups in total. The minimum atomic E-state index is -0.0952. The van der Waals surface area contributed by atoms with Crippen LogP contribution in [-0.2, 0) is 11.3 Å². The second-order valence-electron chi connectivity index (χ2n) is 5.56. The summed E-state index contributed by atoms with van der Waals surface area (Å²) in [5.41, 5.74) is 6.83. The van der Waals surface area contributed by atoms with Gasteiger partial charge in [-0.2, -0.15) is 0 Å². The first kappa shape index (κ1) is 13.9. The van der Waals surface area contributed by atoms with Crippen molar-refractivity contribution in [3.05, 3.63) is 35.9 Å². The molecular formula is C16H20N2O3. The summed E-state index contributed by atoms with van der Waals surface area (Å²) in [7, 11) is 1.82. The lowest BCUT2D eigenvalue weighted by molar-refractivity contribution is -0.133. The van der Waals surface area contributed by atoms with Crippen molar-refractivity contribution >= 4 is 5.91 Å². The van der Waals surface area contributed by atoms with Gasteiger partial charge in [0.05, 0.1) is 5.92 Å². The highest BCUT2D eigenvalue weighted by molar-refractivity contribution is 5.81. The Morgan fingerprint density at radius 1 is 1.29 bits per heavy atom. The summed E-state index contributed by atoms with van der Waals surface area (Å²) in [6.45, 7) is 1.70. The second kappa shape index (κ2) is 5.77. The van der Waals surface area contributed by atoms with Gasteiger partial charge in [0.25, 0.3) is 0 Å². The van der Waals surface area contributed by atoms with E-state index in [2.05, 4.69) is 0 Å². The predicted molar refractivity (Wildman–Crippen MR) is 79.1 cm³/mol. The number of fused-ring (bicyclic) bond motifs is 1. The number of hydrogen-bond acceptors (Lipinski definition) is 4. The lowest BCUT2D eigenvalue weighted by Crippen LogP contribution is -2.32. The summed E-state index contributed by atoms with van der Waals surface area (Å²) in [4.78, 5) is 14.1. The first-order chi connectivity index (χ1) is 10.1. The average molecular weight is 288 g/mol. The van der Waals surface area contributed by atoms with Crippen molar-refractivity contribution in [2.45, 2.75) is 19.0 Å². The quantitative estimate of drug-likeness (QED) is 0.852. The van der Waals surface area contributed by atoms with Crippen LogP contribution in [0.15, 0.2) is 30.4 Å². The summed E-state index contributed by atoms with van der Waals surface area (Å²) in [5.74, 6) is 1.53. The maximum absolute atomic E-state index is 12.3. The zero-order chi connectivity index (χ0) is 14.8. The van der Waals surface area contributed by atoms with Gasteiger partial charge >= 0.3 is 0 Å². The van der Waals surface area contributed by atoms with Gasteiger partial charge in [-0.05, 0) is 24.1 Å². The summed E-state index contributed by atoms with van der Waals surface area (Å²) in [6, 6.07) is 5.80. The van der Waals surface area contributed by atoms with Gasteiger partial charge in [-0.1, -0.05) is 18.2 Å². The first-order valence-electron chi connectivity index (χ1n) is 7.21. The molecule has 5 nitrogen and oxygen atoms in total. The normalized spacial score (nSPS) is 23.1. The van der Waals surface area contributed by atoms with Crippen LogP contribution >= 0.6 is 0 Å². The van der Waals surface area contributed by atoms with E-state index < -0.39 is 0 Å². The molecule has 0 radical (unpaired) electrons. The lowest BCUT2D eigenvalue weighted by atomic mass is 10.1. The molecule has 0 bridgehead atoms. The van der Waals surface area contributed by atoms with Gasteiger partial charge in [0, 0.05) is 19.6 Å². The van der Waals surface area contributed by atoms with E-state index in [-0.39, 0.29) is 17.9 Å². The van der Waals surface area contributed by atoms with Crippen LogP contribution < -0.4 is 15.2 Å². The third kappa shape index (κ3) is 3.03. The van der Waals surface area contributed by atoms with E-state index in [1.54, 1.807) is 4.90 Å². The van der Waals surface area contributed by atoms with Crippen LogP contribution in [-0.4, -0.2) is 37.1 Å². The van der Waals surface area contributed by atoms with Crippen LogP contribution in [0.3, 0.4) is 0 Å². The zero-order valence-electron chi connectivity index (χ0n) is 12.1. The molecule has 1 aromatic rings. The number of carbonyl (C=O) groups excluding carboxylic acids is 1. The van der Waals surface area contributed by atoms with Crippen molar-refractivity contribution < 1.29 is 14.3 Å². The summed E-state index contributed by atoms with van der Waals surface area (Å²) < 4.78 is 11.1. The van der Waals surface area contributed by atoms with Crippen molar-refractivity contribution in [2.75, 3.05) is 20.3 Å². The number of ether oxygens (including phenoxy) is 2. The van der Waals surface area contributed by atoms with Crippen LogP contribution in [0.1, 0.15) is 12.0 Å². The monoisotopic (exact) mass is 288 g/mol. The van der Waals surface area contributed by atoms with Gasteiger partial charge in [0.2, 0.25) is 5.91 Å². The molecule has 1 aromatic carbocycles. The maximum atomic E-state index is 12.3. The molecule has 5 heteroatoms. The minimum absolute atomic E-state index is 0.00152. The molecule has 1 aliphatic heterocycles. The number of hydrogen-bond donors (Lipinski definition) is 1. The molecule has 2 unspecified atom stereocenters. The van der Waals surface area contributed by atoms with Crippen molar-refractivity contribution in [1.29, 1.82) is 0 Å². The van der Waals surface area contributed by atoms with E-state index in [9.17, 15) is 4.79 Å². The second-order valence-corrected chi connectivity index (χ2v) is 5.56. The Morgan fingerprint density at radius 3 is 2.76 bits per heavy atom. The van der Waals surface area contributed by atoms with E-state index in [1.165, 1.54) is 0 Å². The Morgan fingerprint density at radius 2 is 2.05 bits per heavy atom. The van der Waals surface area contributed by atoms with Crippen molar-refractivity contribution in [1.82, 2.24) is 4.90 Å². The lowest BCUT2D eigenvalue weighted by Gasteiger charge is -2.23. The molecule has 1 heterocycles. The average Bonchev–Trinajstić information content (AvgIpc) is 2.93. The molecule has 2 atom stereocenters. The van der Waals surface area contributed by atoms with Gasteiger partial charge < -0.3 is 20.1 Å². The standard InChI is InChI=1S/C16H20N2O3/c1-18(16(19)12-3-4-13(17)9-12)10-11-2-5-14-15(8-11)21-7-6-20-14/h2-5,8,12-13H,6-7,9-10,17H2,1H3. The van der Waals surface area contributed by atoms with Crippen LogP contribution in [0, 0.1) is 5.92 Å². The highest BCUT2D eigenvalue weighted by atomic mass is 16.6. The number of nitrogens with zero attached hydrogens (tertiary/aromatic N) is 1. The molecule has 1 aliphatic carbocycles. The number of benzene rings is 1. The van der Waals surface area contributed by atoms with E-state index >= 15 is 0 Å². The van der Waals surface area contributed by atoms with Gasteiger partial charge in [0.15, 0.2) is 11.5 Å². The fourth-order valence-electron chi connectivity index (χ4n) is 2.73. The highest BCUT2D eigenvalue weighted by Gasteiger charge is 2.25. The molecule has 3 rings (SSSR count). The fourth-order valence-corrected chi connectivity index (χ4v) is 2.73. The van der Waals surface area contributed by atoms with Crippen LogP contribution in [0.4, 0.5) is 0 Å². The van der Waals surface area contributed by atoms with Crippen LogP contribution in [0.25, 0.3) is 0 Å². The Bertz CT molecular complexity index is 571. The summed E-state index contributed by atoms with van der Waals surface area (Å²) in [5, 5.41) is 0. The van der Waals surface area contributed by atoms with E-state index in [0.29, 0.717) is 26.2 Å². The molecular weight excluding hydrogens is 268 g/mol. The smallest absolute Gasteiger partial charge is 0.229 e. The van der Waals surface area contributed by atoms with Crippen molar-refractivity contribution in [2.24, 2.45) is 11.7 Å². The SMILES string of the molecule is CN(Cc1ccc2c(c1)OCCO2)C(=O)C1C=CC(N)C1. The first-order valence-corrected chi connectivity index (χ1v) is 7.21. The van der Waals surface area contributed by atoms with E-state index in [1.807, 2.05) is 37.4 Å². The molecule has 1 amide bonds. The van der Waals surface area contributed by atoms with Gasteiger partial charge in [-0.3, -0.25) is 4.79 Å². The number of rotatable bonds is 3. The fraction of sp³-hybridized carbons (Fsp3) is 0.438. The molecule has 0 saturated heterocycles. The zero-order valence-corrected chi connectivity index (χ0v) is 12.1. The minimum Gasteiger partial charge on any atom is -0.486 e. The Labute approximate surface area is 124 Å². The third-order valence-corrected chi connectivity index (χ3v) is 3.84. The molecule has 0 aromatic heterocycles. The third-order valence-electron chi connectivity index (χ3n) is 3.84. The Balaban J connectivity index is 1.65. The van der Waals surface area contributed by atoms with Crippen molar-refractivity contribution in [3.8, 4) is 11.5 Å². The van der Waals surface area contributed by atoms with E-state index in [0.717, 1.165) is 17.1 Å². The number of amides is 1. The predicted octanol–water partition coefficient (Wildman–Crippen LogP) is 1.32. The van der Waals surface area contributed by atoms with Crippen molar-refractivity contribution in [3.63, 3.8) is 0 Å². The molecule has 0 saturated carbocycles. The molecule has 0 fully saturated rings. The number of carbonyl (C=O) groups is 1. The van der Waals surface area contributed by atoms with Gasteiger partial charge in [0.1, 0.15) is 13.2 Å². The molecule has 0 spiro atoms. The van der Waals surface area contributed by atoms with Crippen LogP contribution in [0.2, 0.25) is 0 Å². The summed E-state index contributed by atoms with van der Waals surface area (Å²) in [6.07, 6.45) is 4.51. The Kier molecular flexibility index (Phi) is 3.84. The molecule has 21 heavy (non-hydrogen) atoms. The summed E-state index contributed by atoms with van der Waals surface area (Å²) >= 11 is 0. The molecule has 2 aliphatic rings. The van der Waals surface area contributed by atoms with Gasteiger partial charge in [-0.15, -0.1) is 0 Å². The molecule has 112 valence electrons. The van der Waals surface area contributed by atoms with Crippen LogP contribution in [0.5, 0.6) is 11.5 Å². The highest BCUT2D eigenvalue weighted by Crippen LogP contribution is 2.31. The topological polar surface area (TPSA) is 64.8 Å². The maximum Gasteiger partial charge on any atom is 0.229 e. The number of nitrogens with two attached hydrogens (primary N) is 1. The largest absolute Gasteiger partial charge is 0.486 e. The van der Waals surface area contributed by atoms with E-state index in [4.69, 9.17) is 15.2 Å².